The Balaban J connectivity index is 1.65. The molecule has 0 amide bonds. The van der Waals surface area contributed by atoms with Crippen LogP contribution in [0.3, 0.4) is 0 Å². The zero-order chi connectivity index (χ0) is 24.7. The molecule has 4 unspecified atom stereocenters. The van der Waals surface area contributed by atoms with Crippen LogP contribution in [0.5, 0.6) is 11.5 Å². The van der Waals surface area contributed by atoms with Crippen LogP contribution in [0, 0.1) is 10.8 Å². The maximum Gasteiger partial charge on any atom is 0.343 e. The monoisotopic (exact) mass is 466 g/mol. The molecule has 180 valence electrons. The van der Waals surface area contributed by atoms with Gasteiger partial charge in [-0.25, -0.2) is 4.79 Å². The van der Waals surface area contributed by atoms with Crippen molar-refractivity contribution in [1.29, 1.82) is 0 Å². The minimum atomic E-state index is -1.84. The van der Waals surface area contributed by atoms with E-state index in [9.17, 15) is 19.8 Å². The number of ketones is 1. The van der Waals surface area contributed by atoms with Crippen LogP contribution in [-0.4, -0.2) is 39.9 Å². The van der Waals surface area contributed by atoms with Crippen LogP contribution in [0.4, 0.5) is 0 Å². The van der Waals surface area contributed by atoms with Crippen molar-refractivity contribution < 1.29 is 28.9 Å². The summed E-state index contributed by atoms with van der Waals surface area (Å²) in [5, 5.41) is 24.2. The van der Waals surface area contributed by atoms with Crippen LogP contribution in [0.15, 0.2) is 51.7 Å². The summed E-state index contributed by atoms with van der Waals surface area (Å²) in [5.41, 5.74) is -6.74. The van der Waals surface area contributed by atoms with E-state index in [1.54, 1.807) is 57.4 Å². The van der Waals surface area contributed by atoms with Gasteiger partial charge in [0.1, 0.15) is 28.5 Å². The molecule has 2 aromatic rings. The zero-order valence-corrected chi connectivity index (χ0v) is 20.1. The average Bonchev–Trinajstić information content (AvgIpc) is 2.80. The van der Waals surface area contributed by atoms with E-state index in [2.05, 4.69) is 0 Å². The van der Waals surface area contributed by atoms with Gasteiger partial charge in [0.2, 0.25) is 0 Å². The summed E-state index contributed by atoms with van der Waals surface area (Å²) < 4.78 is 17.2. The number of hydrogen-bond donors (Lipinski definition) is 2. The van der Waals surface area contributed by atoms with E-state index >= 15 is 0 Å². The fourth-order valence-electron chi connectivity index (χ4n) is 6.35. The molecule has 1 aliphatic heterocycles. The average molecular weight is 467 g/mol. The van der Waals surface area contributed by atoms with Crippen molar-refractivity contribution in [1.82, 2.24) is 0 Å². The minimum absolute atomic E-state index is 0.155. The minimum Gasteiger partial charge on any atom is -0.497 e. The van der Waals surface area contributed by atoms with Crippen molar-refractivity contribution in [2.24, 2.45) is 10.8 Å². The largest absolute Gasteiger partial charge is 0.497 e. The summed E-state index contributed by atoms with van der Waals surface area (Å²) in [5.74, 6) is 0.946. The van der Waals surface area contributed by atoms with Crippen molar-refractivity contribution in [3.05, 3.63) is 58.5 Å². The molecule has 1 fully saturated rings. The second kappa shape index (κ2) is 6.83. The number of hydrogen-bond acceptors (Lipinski definition) is 7. The van der Waals surface area contributed by atoms with Crippen molar-refractivity contribution in [3.63, 3.8) is 0 Å². The summed E-state index contributed by atoms with van der Waals surface area (Å²) >= 11 is 0. The summed E-state index contributed by atoms with van der Waals surface area (Å²) in [4.78, 5) is 26.5. The number of benzene rings is 1. The van der Waals surface area contributed by atoms with Gasteiger partial charge in [-0.15, -0.1) is 0 Å². The van der Waals surface area contributed by atoms with Crippen LogP contribution in [-0.2, 0) is 11.2 Å². The number of allylic oxidation sites excluding steroid dienone is 1. The number of fused-ring (bicyclic) bond motifs is 4. The number of ether oxygens (including phenoxy) is 2. The summed E-state index contributed by atoms with van der Waals surface area (Å²) in [7, 11) is 1.57. The lowest BCUT2D eigenvalue weighted by atomic mass is 9.41. The Kier molecular flexibility index (Phi) is 4.59. The molecule has 0 radical (unpaired) electrons. The molecule has 0 saturated heterocycles. The molecule has 5 rings (SSSR count). The molecule has 1 aromatic carbocycles. The van der Waals surface area contributed by atoms with Crippen LogP contribution in [0.25, 0.3) is 11.3 Å². The first kappa shape index (κ1) is 22.9. The molecular formula is C27H30O7. The lowest BCUT2D eigenvalue weighted by molar-refractivity contribution is -0.297. The first-order valence-electron chi connectivity index (χ1n) is 11.5. The number of aliphatic hydroxyl groups is 2. The predicted octanol–water partition coefficient (Wildman–Crippen LogP) is 3.44. The van der Waals surface area contributed by atoms with E-state index in [-0.39, 0.29) is 24.2 Å². The molecule has 7 heteroatoms. The van der Waals surface area contributed by atoms with E-state index in [4.69, 9.17) is 13.9 Å². The Morgan fingerprint density at radius 2 is 1.65 bits per heavy atom. The third-order valence-electron chi connectivity index (χ3n) is 8.85. The third-order valence-corrected chi connectivity index (χ3v) is 8.85. The molecule has 2 heterocycles. The number of carbonyl (C=O) groups is 1. The molecule has 2 aliphatic carbocycles. The van der Waals surface area contributed by atoms with Crippen LogP contribution < -0.4 is 15.1 Å². The highest BCUT2D eigenvalue weighted by Gasteiger charge is 2.77. The fraction of sp³-hybridized carbons (Fsp3) is 0.481. The molecule has 1 saturated carbocycles. The van der Waals surface area contributed by atoms with Gasteiger partial charge in [0, 0.05) is 23.5 Å². The zero-order valence-electron chi connectivity index (χ0n) is 20.1. The molecule has 0 spiro atoms. The Labute approximate surface area is 198 Å². The molecule has 7 nitrogen and oxygen atoms in total. The van der Waals surface area contributed by atoms with Gasteiger partial charge in [-0.2, -0.15) is 0 Å². The lowest BCUT2D eigenvalue weighted by Crippen LogP contribution is -2.81. The smallest absolute Gasteiger partial charge is 0.343 e. The van der Waals surface area contributed by atoms with E-state index in [1.165, 1.54) is 6.08 Å². The Morgan fingerprint density at radius 1 is 0.971 bits per heavy atom. The van der Waals surface area contributed by atoms with Gasteiger partial charge in [-0.3, -0.25) is 4.79 Å². The molecule has 4 atom stereocenters. The van der Waals surface area contributed by atoms with E-state index in [0.29, 0.717) is 29.2 Å². The second-order valence-electron chi connectivity index (χ2n) is 10.7. The maximum atomic E-state index is 13.4. The molecule has 3 aliphatic rings. The molecular weight excluding hydrogens is 436 g/mol. The van der Waals surface area contributed by atoms with Gasteiger partial charge in [0.25, 0.3) is 0 Å². The van der Waals surface area contributed by atoms with E-state index < -0.39 is 33.3 Å². The normalized spacial score (nSPS) is 35.6. The van der Waals surface area contributed by atoms with Crippen molar-refractivity contribution >= 4 is 5.78 Å². The summed E-state index contributed by atoms with van der Waals surface area (Å²) in [6.45, 7) is 7.06. The Morgan fingerprint density at radius 3 is 2.29 bits per heavy atom. The molecule has 2 N–H and O–H groups in total. The van der Waals surface area contributed by atoms with Crippen LogP contribution in [0.2, 0.25) is 0 Å². The first-order chi connectivity index (χ1) is 15.8. The van der Waals surface area contributed by atoms with Crippen molar-refractivity contribution in [2.45, 2.75) is 63.8 Å². The highest BCUT2D eigenvalue weighted by atomic mass is 16.5. The van der Waals surface area contributed by atoms with Gasteiger partial charge in [0.05, 0.1) is 23.7 Å². The van der Waals surface area contributed by atoms with Gasteiger partial charge < -0.3 is 24.1 Å². The Bertz CT molecular complexity index is 1270. The molecule has 1 aromatic heterocycles. The van der Waals surface area contributed by atoms with Crippen molar-refractivity contribution in [3.8, 4) is 22.8 Å². The van der Waals surface area contributed by atoms with Gasteiger partial charge in [-0.05, 0) is 57.0 Å². The molecule has 0 bridgehead atoms. The van der Waals surface area contributed by atoms with Gasteiger partial charge >= 0.3 is 5.63 Å². The van der Waals surface area contributed by atoms with Crippen LogP contribution >= 0.6 is 0 Å². The lowest BCUT2D eigenvalue weighted by Gasteiger charge is -2.68. The Hall–Kier alpha value is -2.90. The van der Waals surface area contributed by atoms with E-state index in [1.807, 2.05) is 13.8 Å². The topological polar surface area (TPSA) is 106 Å². The standard InChI is InChI=1S/C27H30O7/c1-23(2)11-10-21(28)25(4)26(23,30)13-12-24(3)27(25,31)15-18-20(34-24)14-19(33-22(18)29)16-6-8-17(32-5)9-7-16/h6-11,14,30-31H,12-13,15H2,1-5H3. The number of rotatable bonds is 2. The SMILES string of the molecule is COc1ccc(-c2cc3c(c(=O)o2)CC2(O)C(C)(CCC4(O)C(C)(C)C=CC(=O)C42C)O3)cc1. The number of carbonyl (C=O) groups excluding carboxylic acids is 1. The number of methoxy groups -OCH3 is 1. The first-order valence-corrected chi connectivity index (χ1v) is 11.5. The van der Waals surface area contributed by atoms with Gasteiger partial charge in [0.15, 0.2) is 5.78 Å². The van der Waals surface area contributed by atoms with E-state index in [0.717, 1.165) is 0 Å². The highest BCUT2D eigenvalue weighted by Crippen LogP contribution is 2.65. The van der Waals surface area contributed by atoms with Crippen molar-refractivity contribution in [2.75, 3.05) is 7.11 Å². The van der Waals surface area contributed by atoms with Crippen LogP contribution in [0.1, 0.15) is 46.1 Å². The summed E-state index contributed by atoms with van der Waals surface area (Å²) in [6.07, 6.45) is 3.53. The second-order valence-corrected chi connectivity index (χ2v) is 10.7. The highest BCUT2D eigenvalue weighted by molar-refractivity contribution is 5.98. The predicted molar refractivity (Wildman–Crippen MR) is 125 cm³/mol. The fourth-order valence-corrected chi connectivity index (χ4v) is 6.35. The maximum absolute atomic E-state index is 13.4. The summed E-state index contributed by atoms with van der Waals surface area (Å²) in [6, 6.07) is 8.74. The third kappa shape index (κ3) is 2.59. The quantitative estimate of drug-likeness (QED) is 0.698. The molecule has 34 heavy (non-hydrogen) atoms. The van der Waals surface area contributed by atoms with Gasteiger partial charge in [-0.1, -0.05) is 19.9 Å².